The largest absolute Gasteiger partial charge is 0.497 e. The maximum Gasteiger partial charge on any atom is 0.251 e. The van der Waals surface area contributed by atoms with Crippen molar-refractivity contribution in [3.8, 4) is 23.0 Å². The highest BCUT2D eigenvalue weighted by Gasteiger charge is 2.60. The molecule has 1 amide bonds. The third-order valence-corrected chi connectivity index (χ3v) is 17.5. The lowest BCUT2D eigenvalue weighted by Crippen LogP contribution is -2.60. The molecule has 4 aromatic carbocycles. The average Bonchev–Trinajstić information content (AvgIpc) is 3.29. The number of nitrogens with two attached hydrogens (primary N) is 1. The molecule has 4 aliphatic rings. The van der Waals surface area contributed by atoms with E-state index in [1.54, 1.807) is 40.6 Å². The van der Waals surface area contributed by atoms with Crippen LogP contribution in [0.2, 0.25) is 0 Å². The lowest BCUT2D eigenvalue weighted by Gasteiger charge is -2.60. The standard InChI is InChI=1S/C34H41NO4.C23H35NO3/c1-21-28(35-32(37)24-13-12-22-10-7-8-11-23(22)16-24)20-29-33(2,3)14-9-15-34(29,4)30(21)31(36)25-17-26(38-5)19-27(18-25)39-6;1-14-18(24)13-19-22(2,3)8-7-9-23(19,4)20(14)21(25)15-10-16(26-5)12-17(11-15)27-6/h7-8,10-13,16-19,21,28-30H,9,14-15,20H2,1-6H3,(H,35,37);10-12,14,18-20H,7-9,13,24H2,1-6H3/t21-,28-,29+,30-,34+;14-,18-,19+,20-,23+/m11/s1. The number of Topliss-reactive ketones (excluding diaryl/α,β-unsaturated/α-hetero) is 2. The van der Waals surface area contributed by atoms with Crippen molar-refractivity contribution in [2.45, 2.75) is 119 Å². The van der Waals surface area contributed by atoms with Gasteiger partial charge in [-0.3, -0.25) is 14.4 Å². The molecular weight excluding hydrogens is 825 g/mol. The number of amides is 1. The van der Waals surface area contributed by atoms with Crippen LogP contribution in [0.5, 0.6) is 23.0 Å². The number of methoxy groups -OCH3 is 4. The van der Waals surface area contributed by atoms with E-state index in [2.05, 4.69) is 66.8 Å². The predicted octanol–water partition coefficient (Wildman–Crippen LogP) is 12.0. The number of hydrogen-bond acceptors (Lipinski definition) is 8. The highest BCUT2D eigenvalue weighted by atomic mass is 16.5. The summed E-state index contributed by atoms with van der Waals surface area (Å²) in [4.78, 5) is 41.8. The van der Waals surface area contributed by atoms with Gasteiger partial charge in [-0.05, 0) is 131 Å². The molecule has 0 radical (unpaired) electrons. The molecular formula is C57H76N2O7. The van der Waals surface area contributed by atoms with Gasteiger partial charge in [0.2, 0.25) is 0 Å². The average molecular weight is 901 g/mol. The van der Waals surface area contributed by atoms with Crippen molar-refractivity contribution in [1.29, 1.82) is 0 Å². The van der Waals surface area contributed by atoms with Crippen molar-refractivity contribution in [2.24, 2.45) is 62.9 Å². The van der Waals surface area contributed by atoms with Gasteiger partial charge in [-0.15, -0.1) is 0 Å². The van der Waals surface area contributed by atoms with E-state index in [1.807, 2.05) is 60.7 Å². The molecule has 9 nitrogen and oxygen atoms in total. The predicted molar refractivity (Wildman–Crippen MR) is 264 cm³/mol. The molecule has 0 aromatic heterocycles. The van der Waals surface area contributed by atoms with Gasteiger partial charge in [0.25, 0.3) is 5.91 Å². The minimum Gasteiger partial charge on any atom is -0.497 e. The Balaban J connectivity index is 0.000000210. The van der Waals surface area contributed by atoms with Crippen LogP contribution < -0.4 is 30.0 Å². The monoisotopic (exact) mass is 901 g/mol. The number of fused-ring (bicyclic) bond motifs is 3. The zero-order valence-corrected chi connectivity index (χ0v) is 41.7. The SMILES string of the molecule is COc1cc(OC)cc(C(=O)[C@H]2[C@H](C)[C@H](N)C[C@H]3C(C)(C)CCC[C@]23C)c1.COc1cc(OC)cc(C(=O)[C@H]2[C@H](C)[C@H](NC(=O)c3ccc4ccccc4c3)C[C@H]3C(C)(C)CCC[C@]23C)c1. The summed E-state index contributed by atoms with van der Waals surface area (Å²) in [6.45, 7) is 18.3. The van der Waals surface area contributed by atoms with Gasteiger partial charge < -0.3 is 30.0 Å². The molecule has 4 saturated carbocycles. The zero-order valence-electron chi connectivity index (χ0n) is 41.7. The molecule has 0 unspecified atom stereocenters. The van der Waals surface area contributed by atoms with E-state index in [0.717, 1.165) is 49.3 Å². The number of ketones is 2. The van der Waals surface area contributed by atoms with E-state index in [4.69, 9.17) is 24.7 Å². The second-order valence-electron chi connectivity index (χ2n) is 22.2. The quantitative estimate of drug-likeness (QED) is 0.151. The molecule has 4 aliphatic carbocycles. The highest BCUT2D eigenvalue weighted by molar-refractivity contribution is 6.01. The van der Waals surface area contributed by atoms with Crippen LogP contribution in [0.4, 0.5) is 0 Å². The van der Waals surface area contributed by atoms with Gasteiger partial charge in [0.05, 0.1) is 28.4 Å². The van der Waals surface area contributed by atoms with Crippen LogP contribution in [-0.4, -0.2) is 58.0 Å². The first-order valence-electron chi connectivity index (χ1n) is 24.3. The fourth-order valence-electron chi connectivity index (χ4n) is 14.0. The number of carbonyl (C=O) groups is 3. The molecule has 0 spiro atoms. The van der Waals surface area contributed by atoms with E-state index >= 15 is 0 Å². The Morgan fingerprint density at radius 2 is 0.985 bits per heavy atom. The molecule has 0 bridgehead atoms. The Bertz CT molecular complexity index is 2380. The van der Waals surface area contributed by atoms with Crippen LogP contribution in [0.15, 0.2) is 78.9 Å². The molecule has 4 aromatic rings. The normalized spacial score (nSPS) is 30.9. The first-order chi connectivity index (χ1) is 31.2. The Hall–Kier alpha value is -4.89. The number of benzene rings is 4. The van der Waals surface area contributed by atoms with Crippen LogP contribution in [0, 0.1) is 57.2 Å². The molecule has 0 saturated heterocycles. The van der Waals surface area contributed by atoms with E-state index in [0.29, 0.717) is 51.5 Å². The van der Waals surface area contributed by atoms with Crippen LogP contribution in [0.1, 0.15) is 138 Å². The Labute approximate surface area is 394 Å². The van der Waals surface area contributed by atoms with Crippen molar-refractivity contribution in [3.63, 3.8) is 0 Å². The molecule has 8 rings (SSSR count). The summed E-state index contributed by atoms with van der Waals surface area (Å²) < 4.78 is 21.8. The van der Waals surface area contributed by atoms with Gasteiger partial charge in [0, 0.05) is 52.7 Å². The Kier molecular flexibility index (Phi) is 14.1. The van der Waals surface area contributed by atoms with Gasteiger partial charge in [-0.25, -0.2) is 0 Å². The molecule has 10 atom stereocenters. The van der Waals surface area contributed by atoms with E-state index < -0.39 is 0 Å². The summed E-state index contributed by atoms with van der Waals surface area (Å²) >= 11 is 0. The number of carbonyl (C=O) groups excluding carboxylic acids is 3. The smallest absolute Gasteiger partial charge is 0.251 e. The van der Waals surface area contributed by atoms with Gasteiger partial charge in [0.15, 0.2) is 11.6 Å². The summed E-state index contributed by atoms with van der Waals surface area (Å²) in [5, 5.41) is 5.53. The fraction of sp³-hybridized carbons (Fsp3) is 0.561. The lowest BCUT2D eigenvalue weighted by atomic mass is 9.45. The van der Waals surface area contributed by atoms with Crippen LogP contribution in [0.25, 0.3) is 10.8 Å². The molecule has 0 aliphatic heterocycles. The summed E-state index contributed by atoms with van der Waals surface area (Å²) in [5.41, 5.74) is 8.60. The number of nitrogens with one attached hydrogen (secondary N) is 1. The summed E-state index contributed by atoms with van der Waals surface area (Å²) in [6.07, 6.45) is 8.59. The van der Waals surface area contributed by atoms with Crippen LogP contribution in [-0.2, 0) is 0 Å². The second kappa shape index (κ2) is 19.0. The van der Waals surface area contributed by atoms with Crippen molar-refractivity contribution < 1.29 is 33.3 Å². The van der Waals surface area contributed by atoms with E-state index in [1.165, 1.54) is 12.8 Å². The van der Waals surface area contributed by atoms with Gasteiger partial charge >= 0.3 is 0 Å². The van der Waals surface area contributed by atoms with Gasteiger partial charge in [-0.1, -0.05) is 98.6 Å². The van der Waals surface area contributed by atoms with Crippen LogP contribution in [0.3, 0.4) is 0 Å². The Morgan fingerprint density at radius 3 is 1.45 bits per heavy atom. The summed E-state index contributed by atoms with van der Waals surface area (Å²) in [6, 6.07) is 24.8. The van der Waals surface area contributed by atoms with Gasteiger partial charge in [0.1, 0.15) is 23.0 Å². The zero-order chi connectivity index (χ0) is 47.9. The molecule has 66 heavy (non-hydrogen) atoms. The molecule has 356 valence electrons. The second-order valence-corrected chi connectivity index (χ2v) is 22.2. The number of rotatable bonds is 10. The first-order valence-corrected chi connectivity index (χ1v) is 24.3. The van der Waals surface area contributed by atoms with Crippen molar-refractivity contribution in [1.82, 2.24) is 5.32 Å². The summed E-state index contributed by atoms with van der Waals surface area (Å²) in [7, 11) is 6.43. The molecule has 0 heterocycles. The maximum atomic E-state index is 14.4. The van der Waals surface area contributed by atoms with Crippen LogP contribution >= 0.6 is 0 Å². The number of hydrogen-bond donors (Lipinski definition) is 2. The highest BCUT2D eigenvalue weighted by Crippen LogP contribution is 2.63. The fourth-order valence-corrected chi connectivity index (χ4v) is 14.0. The minimum absolute atomic E-state index is 0.0234. The topological polar surface area (TPSA) is 126 Å². The maximum absolute atomic E-state index is 14.4. The third-order valence-electron chi connectivity index (χ3n) is 17.5. The van der Waals surface area contributed by atoms with E-state index in [9.17, 15) is 14.4 Å². The van der Waals surface area contributed by atoms with Crippen molar-refractivity contribution in [2.75, 3.05) is 28.4 Å². The first kappa shape index (κ1) is 49.0. The molecule has 9 heteroatoms. The van der Waals surface area contributed by atoms with Gasteiger partial charge in [-0.2, -0.15) is 0 Å². The van der Waals surface area contributed by atoms with Crippen molar-refractivity contribution in [3.05, 3.63) is 95.6 Å². The summed E-state index contributed by atoms with van der Waals surface area (Å²) in [5.74, 6) is 3.29. The minimum atomic E-state index is -0.241. The van der Waals surface area contributed by atoms with Crippen molar-refractivity contribution >= 4 is 28.2 Å². The lowest BCUT2D eigenvalue weighted by molar-refractivity contribution is -0.0902. The Morgan fingerprint density at radius 1 is 0.545 bits per heavy atom. The molecule has 4 fully saturated rings. The van der Waals surface area contributed by atoms with E-state index in [-0.39, 0.29) is 74.9 Å². The third kappa shape index (κ3) is 9.22. The number of ether oxygens (including phenoxy) is 4. The molecule has 3 N–H and O–H groups in total.